The van der Waals surface area contributed by atoms with Gasteiger partial charge in [0.2, 0.25) is 0 Å². The number of carbonyl (C=O) groups is 1. The molecule has 2 aliphatic rings. The van der Waals surface area contributed by atoms with Gasteiger partial charge in [-0.15, -0.1) is 0 Å². The molecular weight excluding hydrogens is 268 g/mol. The van der Waals surface area contributed by atoms with Gasteiger partial charge in [0.1, 0.15) is 12.2 Å². The van der Waals surface area contributed by atoms with E-state index in [0.29, 0.717) is 32.8 Å². The number of amides is 1. The van der Waals surface area contributed by atoms with Crippen LogP contribution < -0.4 is 5.32 Å². The van der Waals surface area contributed by atoms with E-state index in [0.717, 1.165) is 12.1 Å². The zero-order valence-corrected chi connectivity index (χ0v) is 12.4. The lowest BCUT2D eigenvalue weighted by atomic mass is 10.0. The Balaban J connectivity index is 1.68. The van der Waals surface area contributed by atoms with Crippen molar-refractivity contribution < 1.29 is 14.3 Å². The van der Waals surface area contributed by atoms with E-state index in [4.69, 9.17) is 9.47 Å². The van der Waals surface area contributed by atoms with Gasteiger partial charge in [-0.3, -0.25) is 4.79 Å². The van der Waals surface area contributed by atoms with Crippen LogP contribution in [0.2, 0.25) is 0 Å². The molecule has 0 saturated carbocycles. The summed E-state index contributed by atoms with van der Waals surface area (Å²) >= 11 is 0. The summed E-state index contributed by atoms with van der Waals surface area (Å²) in [6.07, 6.45) is -0.394. The number of aryl methyl sites for hydroxylation is 1. The maximum absolute atomic E-state index is 12.5. The number of benzene rings is 1. The van der Waals surface area contributed by atoms with Crippen LogP contribution in [0.3, 0.4) is 0 Å². The van der Waals surface area contributed by atoms with Crippen LogP contribution in [0.15, 0.2) is 24.3 Å². The molecular formula is C16H22N2O3. The highest BCUT2D eigenvalue weighted by molar-refractivity contribution is 5.81. The molecule has 21 heavy (non-hydrogen) atoms. The average Bonchev–Trinajstić information content (AvgIpc) is 2.55. The Kier molecular flexibility index (Phi) is 4.53. The number of rotatable bonds is 2. The minimum absolute atomic E-state index is 0.0413. The number of ether oxygens (including phenoxy) is 2. The summed E-state index contributed by atoms with van der Waals surface area (Å²) in [6, 6.07) is 8.19. The lowest BCUT2D eigenvalue weighted by Crippen LogP contribution is -2.52. The second-order valence-electron chi connectivity index (χ2n) is 5.56. The fourth-order valence-electron chi connectivity index (χ4n) is 2.91. The lowest BCUT2D eigenvalue weighted by molar-refractivity contribution is -0.152. The van der Waals surface area contributed by atoms with Gasteiger partial charge in [0.05, 0.1) is 19.8 Å². The first-order valence-electron chi connectivity index (χ1n) is 7.54. The molecule has 2 heterocycles. The van der Waals surface area contributed by atoms with Gasteiger partial charge in [-0.05, 0) is 18.1 Å². The largest absolute Gasteiger partial charge is 0.370 e. The van der Waals surface area contributed by atoms with Crippen LogP contribution in [0.25, 0.3) is 0 Å². The molecule has 2 unspecified atom stereocenters. The van der Waals surface area contributed by atoms with E-state index in [1.807, 2.05) is 17.0 Å². The lowest BCUT2D eigenvalue weighted by Gasteiger charge is -2.36. The predicted octanol–water partition coefficient (Wildman–Crippen LogP) is 0.883. The molecule has 1 aromatic carbocycles. The zero-order chi connectivity index (χ0) is 14.7. The Hall–Kier alpha value is -1.43. The van der Waals surface area contributed by atoms with Gasteiger partial charge in [0, 0.05) is 19.6 Å². The fraction of sp³-hybridized carbons (Fsp3) is 0.562. The van der Waals surface area contributed by atoms with Gasteiger partial charge in [0.25, 0.3) is 5.91 Å². The van der Waals surface area contributed by atoms with Crippen LogP contribution in [0, 0.1) is 6.92 Å². The highest BCUT2D eigenvalue weighted by atomic mass is 16.5. The fourth-order valence-corrected chi connectivity index (χ4v) is 2.91. The molecule has 1 N–H and O–H groups in total. The summed E-state index contributed by atoms with van der Waals surface area (Å²) in [4.78, 5) is 14.4. The van der Waals surface area contributed by atoms with Crippen molar-refractivity contribution in [3.05, 3.63) is 35.4 Å². The summed E-state index contributed by atoms with van der Waals surface area (Å²) in [6.45, 7) is 5.91. The average molecular weight is 290 g/mol. The van der Waals surface area contributed by atoms with Gasteiger partial charge in [0.15, 0.2) is 0 Å². The molecule has 2 atom stereocenters. The number of nitrogens with one attached hydrogen (secondary N) is 1. The number of hydrogen-bond donors (Lipinski definition) is 1. The molecule has 1 amide bonds. The number of hydrogen-bond acceptors (Lipinski definition) is 4. The van der Waals surface area contributed by atoms with Crippen molar-refractivity contribution in [1.82, 2.24) is 10.2 Å². The molecule has 0 aromatic heterocycles. The van der Waals surface area contributed by atoms with Crippen LogP contribution in [0.1, 0.15) is 17.2 Å². The molecule has 1 aromatic rings. The van der Waals surface area contributed by atoms with Gasteiger partial charge in [-0.2, -0.15) is 0 Å². The molecule has 2 saturated heterocycles. The Morgan fingerprint density at radius 2 is 2.14 bits per heavy atom. The van der Waals surface area contributed by atoms with Crippen molar-refractivity contribution in [2.45, 2.75) is 19.1 Å². The summed E-state index contributed by atoms with van der Waals surface area (Å²) in [5.74, 6) is 0.0732. The number of carbonyl (C=O) groups excluding carboxylic acids is 1. The number of morpholine rings is 2. The van der Waals surface area contributed by atoms with Crippen molar-refractivity contribution >= 4 is 5.91 Å². The molecule has 5 heteroatoms. The topological polar surface area (TPSA) is 50.8 Å². The van der Waals surface area contributed by atoms with Crippen molar-refractivity contribution in [2.24, 2.45) is 0 Å². The predicted molar refractivity (Wildman–Crippen MR) is 79.1 cm³/mol. The molecule has 0 aliphatic carbocycles. The second-order valence-corrected chi connectivity index (χ2v) is 5.56. The van der Waals surface area contributed by atoms with Gasteiger partial charge >= 0.3 is 0 Å². The normalized spacial score (nSPS) is 26.6. The molecule has 0 spiro atoms. The Labute approximate surface area is 125 Å². The third-order valence-electron chi connectivity index (χ3n) is 4.12. The molecule has 114 valence electrons. The van der Waals surface area contributed by atoms with Crippen LogP contribution in [0.4, 0.5) is 0 Å². The Bertz CT molecular complexity index is 500. The molecule has 2 aliphatic heterocycles. The van der Waals surface area contributed by atoms with Crippen molar-refractivity contribution in [3.63, 3.8) is 0 Å². The maximum Gasteiger partial charge on any atom is 0.253 e. The molecule has 2 fully saturated rings. The first-order valence-corrected chi connectivity index (χ1v) is 7.54. The highest BCUT2D eigenvalue weighted by Gasteiger charge is 2.31. The van der Waals surface area contributed by atoms with Crippen molar-refractivity contribution in [3.8, 4) is 0 Å². The van der Waals surface area contributed by atoms with Crippen LogP contribution >= 0.6 is 0 Å². The van der Waals surface area contributed by atoms with E-state index in [9.17, 15) is 4.79 Å². The van der Waals surface area contributed by atoms with Crippen LogP contribution in [-0.4, -0.2) is 56.3 Å². The minimum atomic E-state index is -0.352. The summed E-state index contributed by atoms with van der Waals surface area (Å²) < 4.78 is 11.4. The monoisotopic (exact) mass is 290 g/mol. The van der Waals surface area contributed by atoms with Gasteiger partial charge < -0.3 is 19.7 Å². The molecule has 0 radical (unpaired) electrons. The SMILES string of the molecule is Cc1ccccc1C1CN(C(=O)C2CNCCO2)CCO1. The zero-order valence-electron chi connectivity index (χ0n) is 12.4. The van der Waals surface area contributed by atoms with E-state index in [1.54, 1.807) is 0 Å². The highest BCUT2D eigenvalue weighted by Crippen LogP contribution is 2.25. The van der Waals surface area contributed by atoms with Gasteiger partial charge in [-0.25, -0.2) is 0 Å². The van der Waals surface area contributed by atoms with E-state index in [1.165, 1.54) is 5.56 Å². The summed E-state index contributed by atoms with van der Waals surface area (Å²) in [5, 5.41) is 3.20. The second kappa shape index (κ2) is 6.56. The maximum atomic E-state index is 12.5. The van der Waals surface area contributed by atoms with Crippen molar-refractivity contribution in [1.29, 1.82) is 0 Å². The summed E-state index contributed by atoms with van der Waals surface area (Å²) in [5.41, 5.74) is 2.37. The van der Waals surface area contributed by atoms with Gasteiger partial charge in [-0.1, -0.05) is 24.3 Å². The molecule has 3 rings (SSSR count). The van der Waals surface area contributed by atoms with Crippen LogP contribution in [-0.2, 0) is 14.3 Å². The smallest absolute Gasteiger partial charge is 0.253 e. The quantitative estimate of drug-likeness (QED) is 0.878. The third-order valence-corrected chi connectivity index (χ3v) is 4.12. The third kappa shape index (κ3) is 3.26. The van der Waals surface area contributed by atoms with E-state index < -0.39 is 0 Å². The Morgan fingerprint density at radius 3 is 2.90 bits per heavy atom. The van der Waals surface area contributed by atoms with Crippen LogP contribution in [0.5, 0.6) is 0 Å². The minimum Gasteiger partial charge on any atom is -0.370 e. The first-order chi connectivity index (χ1) is 10.3. The molecule has 0 bridgehead atoms. The number of nitrogens with zero attached hydrogens (tertiary/aromatic N) is 1. The molecule has 5 nitrogen and oxygen atoms in total. The van der Waals surface area contributed by atoms with E-state index in [2.05, 4.69) is 24.4 Å². The van der Waals surface area contributed by atoms with Crippen molar-refractivity contribution in [2.75, 3.05) is 39.4 Å². The standard InChI is InChI=1S/C16H22N2O3/c1-12-4-2-3-5-13(12)15-11-18(7-9-21-15)16(19)14-10-17-6-8-20-14/h2-5,14-15,17H,6-11H2,1H3. The Morgan fingerprint density at radius 1 is 1.29 bits per heavy atom. The first kappa shape index (κ1) is 14.5. The van der Waals surface area contributed by atoms with E-state index in [-0.39, 0.29) is 18.1 Å². The summed E-state index contributed by atoms with van der Waals surface area (Å²) in [7, 11) is 0. The van der Waals surface area contributed by atoms with E-state index >= 15 is 0 Å².